The van der Waals surface area contributed by atoms with Gasteiger partial charge in [0.15, 0.2) is 5.78 Å². The summed E-state index contributed by atoms with van der Waals surface area (Å²) in [5.41, 5.74) is 1.03. The van der Waals surface area contributed by atoms with Crippen LogP contribution in [0.4, 0.5) is 5.69 Å². The van der Waals surface area contributed by atoms with Gasteiger partial charge in [-0.2, -0.15) is 0 Å². The van der Waals surface area contributed by atoms with Crippen molar-refractivity contribution in [2.24, 2.45) is 5.92 Å². The van der Waals surface area contributed by atoms with Gasteiger partial charge in [0.1, 0.15) is 5.92 Å². The Morgan fingerprint density at radius 1 is 1.07 bits per heavy atom. The molecule has 0 bridgehead atoms. The molecule has 0 spiro atoms. The van der Waals surface area contributed by atoms with Gasteiger partial charge in [-0.3, -0.25) is 14.4 Å². The number of hydrogen-bond acceptors (Lipinski definition) is 5. The Morgan fingerprint density at radius 2 is 1.76 bits per heavy atom. The standard InChI is InChI=1S/C22H22N2O5/c1-2-29-22(28)16-10-6-7-11-18(16)23-20(26)17-12-13-24(14-19(17)25)21(27)15-8-4-3-5-9-15/h3-11,17H,2,12-14H2,1H3,(H,23,26). The maximum absolute atomic E-state index is 12.7. The first-order valence-corrected chi connectivity index (χ1v) is 9.45. The summed E-state index contributed by atoms with van der Waals surface area (Å²) in [7, 11) is 0. The predicted octanol–water partition coefficient (Wildman–Crippen LogP) is 2.53. The summed E-state index contributed by atoms with van der Waals surface area (Å²) < 4.78 is 5.00. The summed E-state index contributed by atoms with van der Waals surface area (Å²) >= 11 is 0. The highest BCUT2D eigenvalue weighted by Crippen LogP contribution is 2.21. The molecule has 1 unspecified atom stereocenters. The molecule has 2 aromatic rings. The van der Waals surface area contributed by atoms with E-state index in [1.807, 2.05) is 6.07 Å². The van der Waals surface area contributed by atoms with E-state index >= 15 is 0 Å². The Labute approximate surface area is 168 Å². The highest BCUT2D eigenvalue weighted by molar-refractivity contribution is 6.11. The number of ether oxygens (including phenoxy) is 1. The second-order valence-electron chi connectivity index (χ2n) is 6.66. The molecule has 0 aromatic heterocycles. The topological polar surface area (TPSA) is 92.8 Å². The van der Waals surface area contributed by atoms with Gasteiger partial charge < -0.3 is 15.0 Å². The largest absolute Gasteiger partial charge is 0.462 e. The lowest BCUT2D eigenvalue weighted by Crippen LogP contribution is -2.47. The van der Waals surface area contributed by atoms with E-state index in [-0.39, 0.29) is 36.8 Å². The van der Waals surface area contributed by atoms with E-state index < -0.39 is 17.8 Å². The highest BCUT2D eigenvalue weighted by atomic mass is 16.5. The van der Waals surface area contributed by atoms with Gasteiger partial charge in [-0.15, -0.1) is 0 Å². The number of ketones is 1. The van der Waals surface area contributed by atoms with Gasteiger partial charge in [0.2, 0.25) is 5.91 Å². The number of carbonyl (C=O) groups is 4. The van der Waals surface area contributed by atoms with Crippen LogP contribution in [-0.2, 0) is 14.3 Å². The van der Waals surface area contributed by atoms with Crippen LogP contribution in [0.15, 0.2) is 54.6 Å². The second kappa shape index (κ2) is 9.14. The number of esters is 1. The van der Waals surface area contributed by atoms with E-state index in [0.717, 1.165) is 0 Å². The van der Waals surface area contributed by atoms with Crippen molar-refractivity contribution in [1.82, 2.24) is 4.90 Å². The molecule has 7 nitrogen and oxygen atoms in total. The highest BCUT2D eigenvalue weighted by Gasteiger charge is 2.35. The molecule has 1 N–H and O–H groups in total. The number of amides is 2. The van der Waals surface area contributed by atoms with Gasteiger partial charge in [0.05, 0.1) is 24.4 Å². The van der Waals surface area contributed by atoms with E-state index in [9.17, 15) is 19.2 Å². The average molecular weight is 394 g/mol. The summed E-state index contributed by atoms with van der Waals surface area (Å²) in [4.78, 5) is 51.2. The molecule has 1 aliphatic heterocycles. The van der Waals surface area contributed by atoms with Crippen LogP contribution in [0.2, 0.25) is 0 Å². The lowest BCUT2D eigenvalue weighted by molar-refractivity contribution is -0.133. The fourth-order valence-electron chi connectivity index (χ4n) is 3.24. The second-order valence-corrected chi connectivity index (χ2v) is 6.66. The molecule has 1 atom stereocenters. The van der Waals surface area contributed by atoms with Crippen LogP contribution >= 0.6 is 0 Å². The van der Waals surface area contributed by atoms with Gasteiger partial charge in [-0.25, -0.2) is 4.79 Å². The van der Waals surface area contributed by atoms with Gasteiger partial charge in [-0.05, 0) is 37.6 Å². The number of para-hydroxylation sites is 1. The molecule has 150 valence electrons. The Balaban J connectivity index is 1.66. The number of hydrogen-bond donors (Lipinski definition) is 1. The zero-order valence-electron chi connectivity index (χ0n) is 16.1. The molecule has 7 heteroatoms. The third kappa shape index (κ3) is 4.68. The normalized spacial score (nSPS) is 16.2. The van der Waals surface area contributed by atoms with E-state index in [4.69, 9.17) is 4.74 Å². The smallest absolute Gasteiger partial charge is 0.340 e. The van der Waals surface area contributed by atoms with E-state index in [1.165, 1.54) is 4.90 Å². The first kappa shape index (κ1) is 20.3. The number of anilines is 1. The molecule has 1 fully saturated rings. The Morgan fingerprint density at radius 3 is 2.45 bits per heavy atom. The average Bonchev–Trinajstić information content (AvgIpc) is 2.74. The number of nitrogens with one attached hydrogen (secondary N) is 1. The van der Waals surface area contributed by atoms with E-state index in [2.05, 4.69) is 5.32 Å². The minimum Gasteiger partial charge on any atom is -0.462 e. The van der Waals surface area contributed by atoms with Crippen molar-refractivity contribution in [2.45, 2.75) is 13.3 Å². The van der Waals surface area contributed by atoms with Gasteiger partial charge in [0, 0.05) is 12.1 Å². The van der Waals surface area contributed by atoms with Crippen molar-refractivity contribution < 1.29 is 23.9 Å². The van der Waals surface area contributed by atoms with Crippen LogP contribution in [0.5, 0.6) is 0 Å². The molecule has 0 radical (unpaired) electrons. The maximum Gasteiger partial charge on any atom is 0.340 e. The fraction of sp³-hybridized carbons (Fsp3) is 0.273. The summed E-state index contributed by atoms with van der Waals surface area (Å²) in [5.74, 6) is -2.46. The predicted molar refractivity (Wildman–Crippen MR) is 106 cm³/mol. The molecular weight excluding hydrogens is 372 g/mol. The summed E-state index contributed by atoms with van der Waals surface area (Å²) in [6.07, 6.45) is 0.227. The number of likely N-dealkylation sites (tertiary alicyclic amines) is 1. The van der Waals surface area contributed by atoms with Crippen LogP contribution in [-0.4, -0.2) is 48.2 Å². The van der Waals surface area contributed by atoms with Crippen LogP contribution in [0.25, 0.3) is 0 Å². The molecule has 1 saturated heterocycles. The SMILES string of the molecule is CCOC(=O)c1ccccc1NC(=O)C1CCN(C(=O)c2ccccc2)CC1=O. The van der Waals surface area contributed by atoms with Crippen molar-refractivity contribution >= 4 is 29.3 Å². The third-order valence-corrected chi connectivity index (χ3v) is 4.73. The molecule has 0 saturated carbocycles. The number of piperidine rings is 1. The zero-order chi connectivity index (χ0) is 20.8. The van der Waals surface area contributed by atoms with E-state index in [1.54, 1.807) is 55.5 Å². The molecule has 0 aliphatic carbocycles. The molecule has 3 rings (SSSR count). The number of Topliss-reactive ketones (excluding diaryl/α,β-unsaturated/α-hetero) is 1. The number of nitrogens with zero attached hydrogens (tertiary/aromatic N) is 1. The zero-order valence-corrected chi connectivity index (χ0v) is 16.1. The van der Waals surface area contributed by atoms with Gasteiger partial charge in [-0.1, -0.05) is 30.3 Å². The summed E-state index contributed by atoms with van der Waals surface area (Å²) in [6, 6.07) is 15.2. The number of benzene rings is 2. The molecule has 1 heterocycles. The molecule has 2 aromatic carbocycles. The Bertz CT molecular complexity index is 926. The quantitative estimate of drug-likeness (QED) is 0.621. The molecule has 29 heavy (non-hydrogen) atoms. The molecule has 1 aliphatic rings. The summed E-state index contributed by atoms with van der Waals surface area (Å²) in [5, 5.41) is 2.66. The van der Waals surface area contributed by atoms with Crippen LogP contribution in [0.3, 0.4) is 0 Å². The molecular formula is C22H22N2O5. The minimum atomic E-state index is -0.870. The third-order valence-electron chi connectivity index (χ3n) is 4.73. The van der Waals surface area contributed by atoms with Crippen LogP contribution < -0.4 is 5.32 Å². The maximum atomic E-state index is 12.7. The van der Waals surface area contributed by atoms with Crippen molar-refractivity contribution in [3.05, 3.63) is 65.7 Å². The lowest BCUT2D eigenvalue weighted by atomic mass is 9.93. The van der Waals surface area contributed by atoms with Crippen LogP contribution in [0, 0.1) is 5.92 Å². The van der Waals surface area contributed by atoms with Crippen molar-refractivity contribution in [2.75, 3.05) is 25.0 Å². The first-order valence-electron chi connectivity index (χ1n) is 9.45. The number of rotatable bonds is 5. The van der Waals surface area contributed by atoms with Crippen molar-refractivity contribution in [3.8, 4) is 0 Å². The Kier molecular flexibility index (Phi) is 6.39. The van der Waals surface area contributed by atoms with Crippen molar-refractivity contribution in [3.63, 3.8) is 0 Å². The van der Waals surface area contributed by atoms with E-state index in [0.29, 0.717) is 17.8 Å². The monoisotopic (exact) mass is 394 g/mol. The Hall–Kier alpha value is -3.48. The fourth-order valence-corrected chi connectivity index (χ4v) is 3.24. The minimum absolute atomic E-state index is 0.120. The first-order chi connectivity index (χ1) is 14.0. The lowest BCUT2D eigenvalue weighted by Gasteiger charge is -2.30. The van der Waals surface area contributed by atoms with Crippen LogP contribution in [0.1, 0.15) is 34.1 Å². The van der Waals surface area contributed by atoms with Gasteiger partial charge >= 0.3 is 5.97 Å². The van der Waals surface area contributed by atoms with Gasteiger partial charge in [0.25, 0.3) is 5.91 Å². The van der Waals surface area contributed by atoms with Crippen molar-refractivity contribution in [1.29, 1.82) is 0 Å². The number of carbonyl (C=O) groups excluding carboxylic acids is 4. The molecule has 2 amide bonds. The summed E-state index contributed by atoms with van der Waals surface area (Å²) in [6.45, 7) is 2.10.